The van der Waals surface area contributed by atoms with E-state index in [4.69, 9.17) is 4.74 Å². The number of carbonyl (C=O) groups is 1. The van der Waals surface area contributed by atoms with Crippen molar-refractivity contribution in [1.82, 2.24) is 9.62 Å². The normalized spacial score (nSPS) is 29.0. The second-order valence-corrected chi connectivity index (χ2v) is 8.47. The average Bonchev–Trinajstić information content (AvgIpc) is 2.84. The molecule has 2 heterocycles. The highest BCUT2D eigenvalue weighted by Crippen LogP contribution is 2.27. The van der Waals surface area contributed by atoms with Crippen molar-refractivity contribution >= 4 is 15.9 Å². The Morgan fingerprint density at radius 1 is 1.24 bits per heavy atom. The molecule has 7 heteroatoms. The zero-order valence-corrected chi connectivity index (χ0v) is 13.9. The van der Waals surface area contributed by atoms with Gasteiger partial charge in [0.05, 0.1) is 6.26 Å². The Morgan fingerprint density at radius 2 is 1.86 bits per heavy atom. The fourth-order valence-corrected chi connectivity index (χ4v) is 4.03. The molecule has 0 radical (unpaired) electrons. The molecule has 0 aromatic rings. The van der Waals surface area contributed by atoms with Crippen molar-refractivity contribution in [3.8, 4) is 0 Å². The molecular weight excluding hydrogens is 292 g/mol. The van der Waals surface area contributed by atoms with Crippen molar-refractivity contribution in [2.75, 3.05) is 32.6 Å². The molecule has 2 aliphatic heterocycles. The van der Waals surface area contributed by atoms with Gasteiger partial charge in [0.15, 0.2) is 0 Å². The minimum absolute atomic E-state index is 0.00107. The summed E-state index contributed by atoms with van der Waals surface area (Å²) >= 11 is 0. The van der Waals surface area contributed by atoms with Crippen LogP contribution in [0.15, 0.2) is 0 Å². The van der Waals surface area contributed by atoms with Gasteiger partial charge in [0.1, 0.15) is 0 Å². The van der Waals surface area contributed by atoms with E-state index in [1.807, 2.05) is 0 Å². The molecule has 0 aliphatic carbocycles. The predicted molar refractivity (Wildman–Crippen MR) is 80.2 cm³/mol. The zero-order valence-electron chi connectivity index (χ0n) is 13.0. The van der Waals surface area contributed by atoms with E-state index >= 15 is 0 Å². The van der Waals surface area contributed by atoms with Crippen molar-refractivity contribution in [2.24, 2.45) is 17.8 Å². The second-order valence-electron chi connectivity index (χ2n) is 6.49. The van der Waals surface area contributed by atoms with Gasteiger partial charge in [0.25, 0.3) is 0 Å². The standard InChI is InChI=1S/C14H26N2O4S/c1-10(2)12-8-16(21(3,18)19)9-13(12)15-14(17)11-4-6-20-7-5-11/h10-13H,4-9H2,1-3H3,(H,15,17)/t12-,13+/m1/s1. The van der Waals surface area contributed by atoms with Gasteiger partial charge in [-0.1, -0.05) is 13.8 Å². The first-order valence-corrected chi connectivity index (χ1v) is 9.47. The smallest absolute Gasteiger partial charge is 0.223 e. The maximum Gasteiger partial charge on any atom is 0.223 e. The molecule has 1 amide bonds. The number of ether oxygens (including phenoxy) is 1. The van der Waals surface area contributed by atoms with E-state index in [1.54, 1.807) is 0 Å². The van der Waals surface area contributed by atoms with Gasteiger partial charge in [-0.2, -0.15) is 4.31 Å². The highest BCUT2D eigenvalue weighted by Gasteiger charge is 2.40. The van der Waals surface area contributed by atoms with E-state index in [2.05, 4.69) is 19.2 Å². The van der Waals surface area contributed by atoms with Gasteiger partial charge >= 0.3 is 0 Å². The maximum absolute atomic E-state index is 12.3. The van der Waals surface area contributed by atoms with Crippen LogP contribution in [0.3, 0.4) is 0 Å². The lowest BCUT2D eigenvalue weighted by molar-refractivity contribution is -0.128. The van der Waals surface area contributed by atoms with Crippen molar-refractivity contribution in [1.29, 1.82) is 0 Å². The summed E-state index contributed by atoms with van der Waals surface area (Å²) in [7, 11) is -3.20. The molecule has 2 rings (SSSR count). The lowest BCUT2D eigenvalue weighted by atomic mass is 9.90. The number of sulfonamides is 1. The Balaban J connectivity index is 2.01. The molecule has 0 aromatic carbocycles. The fourth-order valence-electron chi connectivity index (χ4n) is 3.15. The van der Waals surface area contributed by atoms with Gasteiger partial charge in [-0.05, 0) is 24.7 Å². The quantitative estimate of drug-likeness (QED) is 0.816. The Bertz CT molecular complexity index is 471. The van der Waals surface area contributed by atoms with Crippen LogP contribution in [-0.2, 0) is 19.6 Å². The molecule has 2 atom stereocenters. The fraction of sp³-hybridized carbons (Fsp3) is 0.929. The minimum atomic E-state index is -3.20. The third-order valence-electron chi connectivity index (χ3n) is 4.58. The lowest BCUT2D eigenvalue weighted by Crippen LogP contribution is -2.45. The third-order valence-corrected chi connectivity index (χ3v) is 5.81. The van der Waals surface area contributed by atoms with Crippen molar-refractivity contribution in [2.45, 2.75) is 32.7 Å². The summed E-state index contributed by atoms with van der Waals surface area (Å²) in [6.45, 7) is 6.29. The predicted octanol–water partition coefficient (Wildman–Crippen LogP) is 0.445. The summed E-state index contributed by atoms with van der Waals surface area (Å²) in [6, 6.07) is -0.0879. The number of hydrogen-bond donors (Lipinski definition) is 1. The van der Waals surface area contributed by atoms with Crippen LogP contribution in [0, 0.1) is 17.8 Å². The molecule has 0 saturated carbocycles. The number of amides is 1. The first kappa shape index (κ1) is 16.7. The molecule has 1 N–H and O–H groups in total. The van der Waals surface area contributed by atoms with Gasteiger partial charge in [-0.25, -0.2) is 8.42 Å². The molecule has 0 bridgehead atoms. The maximum atomic E-state index is 12.3. The molecule has 21 heavy (non-hydrogen) atoms. The van der Waals surface area contributed by atoms with E-state index in [1.165, 1.54) is 10.6 Å². The van der Waals surface area contributed by atoms with E-state index in [0.717, 1.165) is 12.8 Å². The summed E-state index contributed by atoms with van der Waals surface area (Å²) in [6.07, 6.45) is 2.73. The summed E-state index contributed by atoms with van der Waals surface area (Å²) in [5, 5.41) is 3.08. The van der Waals surface area contributed by atoms with Gasteiger partial charge < -0.3 is 10.1 Å². The Labute approximate surface area is 127 Å². The van der Waals surface area contributed by atoms with E-state index < -0.39 is 10.0 Å². The van der Waals surface area contributed by atoms with Crippen LogP contribution in [0.1, 0.15) is 26.7 Å². The van der Waals surface area contributed by atoms with E-state index in [0.29, 0.717) is 32.2 Å². The molecule has 122 valence electrons. The molecule has 0 aromatic heterocycles. The second kappa shape index (κ2) is 6.62. The van der Waals surface area contributed by atoms with Crippen LogP contribution in [-0.4, -0.2) is 57.2 Å². The lowest BCUT2D eigenvalue weighted by Gasteiger charge is -2.27. The summed E-state index contributed by atoms with van der Waals surface area (Å²) in [4.78, 5) is 12.3. The van der Waals surface area contributed by atoms with Crippen molar-refractivity contribution in [3.05, 3.63) is 0 Å². The third kappa shape index (κ3) is 4.17. The summed E-state index contributed by atoms with van der Waals surface area (Å²) in [5.41, 5.74) is 0. The highest BCUT2D eigenvalue weighted by atomic mass is 32.2. The number of rotatable bonds is 4. The first-order chi connectivity index (χ1) is 9.79. The number of nitrogens with zero attached hydrogens (tertiary/aromatic N) is 1. The van der Waals surface area contributed by atoms with Crippen molar-refractivity contribution in [3.63, 3.8) is 0 Å². The van der Waals surface area contributed by atoms with Gasteiger partial charge in [0.2, 0.25) is 15.9 Å². The number of hydrogen-bond acceptors (Lipinski definition) is 4. The zero-order chi connectivity index (χ0) is 15.6. The van der Waals surface area contributed by atoms with Crippen LogP contribution in [0.2, 0.25) is 0 Å². The summed E-state index contributed by atoms with van der Waals surface area (Å²) in [5.74, 6) is 0.545. The molecular formula is C14H26N2O4S. The van der Waals surface area contributed by atoms with Crippen molar-refractivity contribution < 1.29 is 17.9 Å². The van der Waals surface area contributed by atoms with Crippen LogP contribution in [0.5, 0.6) is 0 Å². The molecule has 2 fully saturated rings. The average molecular weight is 318 g/mol. The first-order valence-electron chi connectivity index (χ1n) is 7.62. The molecule has 0 spiro atoms. The summed E-state index contributed by atoms with van der Waals surface area (Å²) < 4.78 is 30.2. The highest BCUT2D eigenvalue weighted by molar-refractivity contribution is 7.88. The minimum Gasteiger partial charge on any atom is -0.381 e. The monoisotopic (exact) mass is 318 g/mol. The largest absolute Gasteiger partial charge is 0.381 e. The Hall–Kier alpha value is -0.660. The Morgan fingerprint density at radius 3 is 2.38 bits per heavy atom. The molecule has 2 aliphatic rings. The topological polar surface area (TPSA) is 75.7 Å². The molecule has 0 unspecified atom stereocenters. The molecule has 6 nitrogen and oxygen atoms in total. The van der Waals surface area contributed by atoms with Crippen LogP contribution in [0.4, 0.5) is 0 Å². The van der Waals surface area contributed by atoms with E-state index in [-0.39, 0.29) is 23.8 Å². The number of nitrogens with one attached hydrogen (secondary N) is 1. The Kier molecular flexibility index (Phi) is 5.27. The van der Waals surface area contributed by atoms with E-state index in [9.17, 15) is 13.2 Å². The molecule has 2 saturated heterocycles. The SMILES string of the molecule is CC(C)[C@H]1CN(S(C)(=O)=O)C[C@@H]1NC(=O)C1CCOCC1. The van der Waals surface area contributed by atoms with Gasteiger partial charge in [0, 0.05) is 38.3 Å². The number of carbonyl (C=O) groups excluding carboxylic acids is 1. The van der Waals surface area contributed by atoms with Crippen LogP contribution < -0.4 is 5.32 Å². The van der Waals surface area contributed by atoms with Gasteiger partial charge in [-0.15, -0.1) is 0 Å². The van der Waals surface area contributed by atoms with Crippen LogP contribution >= 0.6 is 0 Å². The van der Waals surface area contributed by atoms with Crippen LogP contribution in [0.25, 0.3) is 0 Å². The van der Waals surface area contributed by atoms with Gasteiger partial charge in [-0.3, -0.25) is 4.79 Å².